The second-order valence-electron chi connectivity index (χ2n) is 11.4. The second-order valence-corrected chi connectivity index (χ2v) is 11.4. The van der Waals surface area contributed by atoms with Gasteiger partial charge in [0.05, 0.1) is 11.1 Å². The molecular weight excluding hydrogens is 622 g/mol. The highest BCUT2D eigenvalue weighted by Crippen LogP contribution is 2.30. The summed E-state index contributed by atoms with van der Waals surface area (Å²) in [6, 6.07) is 9.64. The van der Waals surface area contributed by atoms with E-state index in [1.165, 1.54) is 36.4 Å². The SMILES string of the molecule is O=C(C=CC=Cc1ccc(C(F)(F)F)cc1)N1CCN(CCCN2CCN(C(=O)C=CC=Cc3ccc(C(F)(F)F)cc3)CC2)CC1. The number of hydrogen-bond acceptors (Lipinski definition) is 4. The van der Waals surface area contributed by atoms with Gasteiger partial charge in [-0.2, -0.15) is 26.3 Å². The maximum Gasteiger partial charge on any atom is 0.416 e. The number of rotatable bonds is 10. The Morgan fingerprint density at radius 3 is 1.19 bits per heavy atom. The fourth-order valence-corrected chi connectivity index (χ4v) is 5.29. The first-order valence-corrected chi connectivity index (χ1v) is 15.4. The zero-order chi connectivity index (χ0) is 33.9. The molecule has 2 aliphatic heterocycles. The Balaban J connectivity index is 1.07. The van der Waals surface area contributed by atoms with Crippen molar-refractivity contribution in [2.45, 2.75) is 18.8 Å². The molecule has 2 fully saturated rings. The van der Waals surface area contributed by atoms with Crippen LogP contribution in [0.1, 0.15) is 28.7 Å². The van der Waals surface area contributed by atoms with Crippen molar-refractivity contribution < 1.29 is 35.9 Å². The topological polar surface area (TPSA) is 47.1 Å². The molecule has 252 valence electrons. The molecule has 0 N–H and O–H groups in total. The molecular formula is C35H38F6N4O2. The lowest BCUT2D eigenvalue weighted by atomic mass is 10.1. The minimum absolute atomic E-state index is 0.0980. The predicted molar refractivity (Wildman–Crippen MR) is 170 cm³/mol. The van der Waals surface area contributed by atoms with Crippen molar-refractivity contribution in [3.05, 3.63) is 107 Å². The smallest absolute Gasteiger partial charge is 0.337 e. The Kier molecular flexibility index (Phi) is 12.6. The van der Waals surface area contributed by atoms with Gasteiger partial charge in [-0.25, -0.2) is 0 Å². The lowest BCUT2D eigenvalue weighted by Crippen LogP contribution is -2.50. The van der Waals surface area contributed by atoms with Crippen LogP contribution in [0.5, 0.6) is 0 Å². The van der Waals surface area contributed by atoms with E-state index in [4.69, 9.17) is 0 Å². The summed E-state index contributed by atoms with van der Waals surface area (Å²) in [6.45, 7) is 7.46. The van der Waals surface area contributed by atoms with Gasteiger partial charge in [-0.3, -0.25) is 19.4 Å². The second kappa shape index (κ2) is 16.6. The number of benzene rings is 2. The monoisotopic (exact) mass is 660 g/mol. The van der Waals surface area contributed by atoms with Crippen LogP contribution < -0.4 is 0 Å². The molecule has 2 aromatic carbocycles. The van der Waals surface area contributed by atoms with Crippen LogP contribution in [0, 0.1) is 0 Å². The van der Waals surface area contributed by atoms with Crippen molar-refractivity contribution in [3.63, 3.8) is 0 Å². The minimum atomic E-state index is -4.37. The molecule has 6 nitrogen and oxygen atoms in total. The summed E-state index contributed by atoms with van der Waals surface area (Å²) in [5.41, 5.74) is -0.183. The fourth-order valence-electron chi connectivity index (χ4n) is 5.29. The number of allylic oxidation sites excluding steroid dienone is 4. The van der Waals surface area contributed by atoms with Crippen LogP contribution in [0.3, 0.4) is 0 Å². The van der Waals surface area contributed by atoms with Crippen LogP contribution in [-0.2, 0) is 21.9 Å². The summed E-state index contributed by atoms with van der Waals surface area (Å²) in [5.74, 6) is -0.196. The van der Waals surface area contributed by atoms with Gasteiger partial charge in [-0.15, -0.1) is 0 Å². The third-order valence-corrected chi connectivity index (χ3v) is 8.07. The Morgan fingerprint density at radius 2 is 0.872 bits per heavy atom. The van der Waals surface area contributed by atoms with Crippen molar-refractivity contribution in [1.29, 1.82) is 0 Å². The van der Waals surface area contributed by atoms with E-state index in [1.54, 1.807) is 46.3 Å². The lowest BCUT2D eigenvalue weighted by molar-refractivity contribution is -0.138. The van der Waals surface area contributed by atoms with Crippen molar-refractivity contribution in [1.82, 2.24) is 19.6 Å². The first-order chi connectivity index (χ1) is 22.4. The highest BCUT2D eigenvalue weighted by atomic mass is 19.4. The highest BCUT2D eigenvalue weighted by molar-refractivity contribution is 5.88. The molecule has 2 amide bonds. The summed E-state index contributed by atoms with van der Waals surface area (Å²) in [7, 11) is 0. The molecule has 2 aromatic rings. The number of carbonyl (C=O) groups is 2. The van der Waals surface area contributed by atoms with E-state index in [9.17, 15) is 35.9 Å². The molecule has 2 heterocycles. The molecule has 4 rings (SSSR count). The van der Waals surface area contributed by atoms with E-state index in [0.29, 0.717) is 37.3 Å². The molecule has 0 aliphatic carbocycles. The first kappa shape index (κ1) is 35.7. The average Bonchev–Trinajstić information content (AvgIpc) is 3.05. The number of amides is 2. The molecule has 0 saturated carbocycles. The van der Waals surface area contributed by atoms with Gasteiger partial charge in [0.1, 0.15) is 0 Å². The molecule has 0 spiro atoms. The van der Waals surface area contributed by atoms with Gasteiger partial charge in [-0.05, 0) is 54.9 Å². The molecule has 0 atom stereocenters. The quantitative estimate of drug-likeness (QED) is 0.172. The third-order valence-electron chi connectivity index (χ3n) is 8.07. The van der Waals surface area contributed by atoms with Crippen molar-refractivity contribution >= 4 is 24.0 Å². The maximum atomic E-state index is 12.7. The van der Waals surface area contributed by atoms with Crippen LogP contribution >= 0.6 is 0 Å². The molecule has 0 unspecified atom stereocenters. The number of carbonyl (C=O) groups excluding carboxylic acids is 2. The van der Waals surface area contributed by atoms with Gasteiger partial charge < -0.3 is 9.80 Å². The van der Waals surface area contributed by atoms with Crippen LogP contribution in [0.2, 0.25) is 0 Å². The molecule has 2 aliphatic rings. The Bertz CT molecular complexity index is 1320. The Hall–Kier alpha value is -4.16. The number of alkyl halides is 6. The van der Waals surface area contributed by atoms with Crippen LogP contribution in [0.15, 0.2) is 85.0 Å². The molecule has 12 heteroatoms. The summed E-state index contributed by atoms with van der Waals surface area (Å²) in [4.78, 5) is 33.3. The molecule has 2 saturated heterocycles. The maximum absolute atomic E-state index is 12.7. The van der Waals surface area contributed by atoms with Gasteiger partial charge in [0.25, 0.3) is 0 Å². The zero-order valence-corrected chi connectivity index (χ0v) is 25.9. The summed E-state index contributed by atoms with van der Waals surface area (Å²) < 4.78 is 76.1. The van der Waals surface area contributed by atoms with E-state index in [-0.39, 0.29) is 11.8 Å². The van der Waals surface area contributed by atoms with Gasteiger partial charge in [0, 0.05) is 64.5 Å². The summed E-state index contributed by atoms with van der Waals surface area (Å²) in [5, 5.41) is 0. The first-order valence-electron chi connectivity index (χ1n) is 15.4. The van der Waals surface area contributed by atoms with Crippen molar-refractivity contribution in [2.24, 2.45) is 0 Å². The number of hydrogen-bond donors (Lipinski definition) is 0. The van der Waals surface area contributed by atoms with Crippen LogP contribution in [-0.4, -0.2) is 96.9 Å². The number of piperazine rings is 2. The van der Waals surface area contributed by atoms with Crippen molar-refractivity contribution in [2.75, 3.05) is 65.4 Å². The van der Waals surface area contributed by atoms with E-state index >= 15 is 0 Å². The normalized spacial score (nSPS) is 17.6. The molecule has 0 bridgehead atoms. The van der Waals surface area contributed by atoms with Crippen LogP contribution in [0.25, 0.3) is 12.2 Å². The standard InChI is InChI=1S/C35H38F6N4O2/c36-34(37,38)30-14-10-28(11-15-30)6-1-3-8-32(46)44-24-20-42(21-25-44)18-5-19-43-22-26-45(27-23-43)33(47)9-4-2-7-29-12-16-31(17-13-29)35(39,40)41/h1-4,6-17H,5,18-27H2. The predicted octanol–water partition coefficient (Wildman–Crippen LogP) is 6.24. The van der Waals surface area contributed by atoms with E-state index in [1.807, 2.05) is 0 Å². The van der Waals surface area contributed by atoms with Gasteiger partial charge in [0.2, 0.25) is 11.8 Å². The van der Waals surface area contributed by atoms with Gasteiger partial charge >= 0.3 is 12.4 Å². The molecule has 0 radical (unpaired) electrons. The fraction of sp³-hybridized carbons (Fsp3) is 0.371. The highest BCUT2D eigenvalue weighted by Gasteiger charge is 2.30. The number of halogens is 6. The molecule has 47 heavy (non-hydrogen) atoms. The molecule has 0 aromatic heterocycles. The average molecular weight is 661 g/mol. The Labute approximate surface area is 270 Å². The third kappa shape index (κ3) is 11.5. The Morgan fingerprint density at radius 1 is 0.532 bits per heavy atom. The summed E-state index contributed by atoms with van der Waals surface area (Å²) in [6.07, 6.45) is 4.93. The van der Waals surface area contributed by atoms with E-state index in [2.05, 4.69) is 9.80 Å². The zero-order valence-electron chi connectivity index (χ0n) is 25.9. The summed E-state index contributed by atoms with van der Waals surface area (Å²) >= 11 is 0. The van der Waals surface area contributed by atoms with Crippen LogP contribution in [0.4, 0.5) is 26.3 Å². The minimum Gasteiger partial charge on any atom is -0.337 e. The van der Waals surface area contributed by atoms with Gasteiger partial charge in [0.15, 0.2) is 0 Å². The van der Waals surface area contributed by atoms with E-state index in [0.717, 1.165) is 70.0 Å². The van der Waals surface area contributed by atoms with Crippen molar-refractivity contribution in [3.8, 4) is 0 Å². The largest absolute Gasteiger partial charge is 0.416 e. The van der Waals surface area contributed by atoms with Gasteiger partial charge in [-0.1, -0.05) is 60.7 Å². The lowest BCUT2D eigenvalue weighted by Gasteiger charge is -2.36. The number of nitrogens with zero attached hydrogens (tertiary/aromatic N) is 4. The van der Waals surface area contributed by atoms with E-state index < -0.39 is 23.5 Å².